The second kappa shape index (κ2) is 6.88. The number of oxazole rings is 1. The molecule has 1 aliphatic heterocycles. The molecule has 0 unspecified atom stereocenters. The fourth-order valence-electron chi connectivity index (χ4n) is 3.53. The number of fused-ring (bicyclic) bond motifs is 1. The lowest BCUT2D eigenvalue weighted by Gasteiger charge is -2.32. The molecule has 3 aromatic rings. The van der Waals surface area contributed by atoms with Crippen molar-refractivity contribution in [2.45, 2.75) is 23.7 Å². The molecule has 0 bridgehead atoms. The molecular weight excluding hydrogens is 384 g/mol. The molecule has 4 rings (SSSR count). The number of hydrogen-bond acceptors (Lipinski definition) is 7. The van der Waals surface area contributed by atoms with Crippen molar-refractivity contribution >= 4 is 32.5 Å². The van der Waals surface area contributed by atoms with E-state index in [9.17, 15) is 18.5 Å². The van der Waals surface area contributed by atoms with Crippen molar-refractivity contribution in [2.24, 2.45) is 5.14 Å². The smallest absolute Gasteiger partial charge is 0.293 e. The molecule has 1 aliphatic rings. The predicted molar refractivity (Wildman–Crippen MR) is 103 cm³/mol. The first-order valence-electron chi connectivity index (χ1n) is 8.74. The van der Waals surface area contributed by atoms with Gasteiger partial charge in [0.1, 0.15) is 11.2 Å². The fourth-order valence-corrected chi connectivity index (χ4v) is 4.06. The lowest BCUT2D eigenvalue weighted by atomic mass is 9.96. The zero-order valence-corrected chi connectivity index (χ0v) is 15.6. The van der Waals surface area contributed by atoms with Gasteiger partial charge in [0.15, 0.2) is 11.5 Å². The van der Waals surface area contributed by atoms with Crippen LogP contribution in [0.5, 0.6) is 0 Å². The number of hydrogen-bond donors (Lipinski definition) is 1. The van der Waals surface area contributed by atoms with Crippen molar-refractivity contribution < 1.29 is 17.8 Å². The third-order valence-electron chi connectivity index (χ3n) is 4.97. The van der Waals surface area contributed by atoms with Crippen molar-refractivity contribution in [1.82, 2.24) is 4.98 Å². The van der Waals surface area contributed by atoms with Gasteiger partial charge in [-0.3, -0.25) is 10.1 Å². The first-order chi connectivity index (χ1) is 13.3. The number of piperidine rings is 1. The minimum atomic E-state index is -4.01. The highest BCUT2D eigenvalue weighted by Crippen LogP contribution is 2.36. The Morgan fingerprint density at radius 3 is 2.54 bits per heavy atom. The number of nitro groups is 1. The number of sulfonamides is 1. The summed E-state index contributed by atoms with van der Waals surface area (Å²) >= 11 is 0. The van der Waals surface area contributed by atoms with E-state index in [0.717, 1.165) is 30.0 Å². The van der Waals surface area contributed by atoms with Crippen LogP contribution >= 0.6 is 0 Å². The normalized spacial score (nSPS) is 15.8. The van der Waals surface area contributed by atoms with Crippen molar-refractivity contribution in [3.8, 4) is 0 Å². The van der Waals surface area contributed by atoms with Gasteiger partial charge in [0.05, 0.1) is 9.82 Å². The summed E-state index contributed by atoms with van der Waals surface area (Å²) in [6.07, 6.45) is 1.45. The van der Waals surface area contributed by atoms with Crippen LogP contribution in [0.15, 0.2) is 51.8 Å². The number of nitro benzene ring substituents is 1. The molecule has 0 saturated carbocycles. The van der Waals surface area contributed by atoms with Crippen LogP contribution in [0.25, 0.3) is 11.1 Å². The van der Waals surface area contributed by atoms with E-state index >= 15 is 0 Å². The quantitative estimate of drug-likeness (QED) is 0.524. The molecule has 0 spiro atoms. The van der Waals surface area contributed by atoms with Gasteiger partial charge in [-0.25, -0.2) is 18.5 Å². The average molecular weight is 402 g/mol. The molecule has 0 aliphatic carbocycles. The highest BCUT2D eigenvalue weighted by Gasteiger charge is 2.29. The Kier molecular flexibility index (Phi) is 4.52. The number of aromatic nitrogens is 1. The molecular formula is C18H18N4O5S. The topological polar surface area (TPSA) is 133 Å². The van der Waals surface area contributed by atoms with Gasteiger partial charge in [0.25, 0.3) is 5.69 Å². The zero-order chi connectivity index (χ0) is 19.9. The van der Waals surface area contributed by atoms with Crippen LogP contribution in [0.3, 0.4) is 0 Å². The third kappa shape index (κ3) is 3.43. The molecule has 0 radical (unpaired) electrons. The number of primary sulfonamides is 1. The summed E-state index contributed by atoms with van der Waals surface area (Å²) in [7, 11) is -4.01. The SMILES string of the molecule is NS(=O)(=O)c1ccc(N2CCC(c3nc4ccccc4o3)CC2)c([N+](=O)[O-])c1. The van der Waals surface area contributed by atoms with E-state index in [0.29, 0.717) is 24.7 Å². The first kappa shape index (κ1) is 18.4. The summed E-state index contributed by atoms with van der Waals surface area (Å²) in [5, 5.41) is 16.5. The Morgan fingerprint density at radius 2 is 1.89 bits per heavy atom. The molecule has 0 atom stereocenters. The van der Waals surface area contributed by atoms with Crippen LogP contribution in [0.4, 0.5) is 11.4 Å². The molecule has 10 heteroatoms. The van der Waals surface area contributed by atoms with Gasteiger partial charge in [-0.2, -0.15) is 0 Å². The van der Waals surface area contributed by atoms with Crippen LogP contribution in [-0.2, 0) is 10.0 Å². The van der Waals surface area contributed by atoms with Crippen LogP contribution < -0.4 is 10.0 Å². The summed E-state index contributed by atoms with van der Waals surface area (Å²) in [5.41, 5.74) is 1.67. The van der Waals surface area contributed by atoms with Crippen LogP contribution in [0.2, 0.25) is 0 Å². The number of benzene rings is 2. The molecule has 2 N–H and O–H groups in total. The van der Waals surface area contributed by atoms with Crippen molar-refractivity contribution in [2.75, 3.05) is 18.0 Å². The standard InChI is InChI=1S/C18H18N4O5S/c19-28(25,26)13-5-6-15(16(11-13)22(23)24)21-9-7-12(8-10-21)18-20-14-3-1-2-4-17(14)27-18/h1-6,11-12H,7-10H2,(H2,19,25,26). The number of nitrogens with two attached hydrogens (primary N) is 1. The van der Waals surface area contributed by atoms with E-state index in [1.807, 2.05) is 29.2 Å². The zero-order valence-electron chi connectivity index (χ0n) is 14.8. The van der Waals surface area contributed by atoms with Crippen molar-refractivity contribution in [3.63, 3.8) is 0 Å². The number of para-hydroxylation sites is 2. The summed E-state index contributed by atoms with van der Waals surface area (Å²) in [6.45, 7) is 1.14. The summed E-state index contributed by atoms with van der Waals surface area (Å²) in [4.78, 5) is 17.0. The van der Waals surface area contributed by atoms with Crippen LogP contribution in [0, 0.1) is 10.1 Å². The van der Waals surface area contributed by atoms with Gasteiger partial charge < -0.3 is 9.32 Å². The van der Waals surface area contributed by atoms with Gasteiger partial charge >= 0.3 is 0 Å². The second-order valence-electron chi connectivity index (χ2n) is 6.73. The summed E-state index contributed by atoms with van der Waals surface area (Å²) in [5.74, 6) is 0.811. The maximum Gasteiger partial charge on any atom is 0.293 e. The lowest BCUT2D eigenvalue weighted by Crippen LogP contribution is -2.33. The van der Waals surface area contributed by atoms with Crippen molar-refractivity contribution in [1.29, 1.82) is 0 Å². The van der Waals surface area contributed by atoms with E-state index in [4.69, 9.17) is 9.56 Å². The molecule has 146 valence electrons. The van der Waals surface area contributed by atoms with E-state index in [1.165, 1.54) is 12.1 Å². The Bertz CT molecular complexity index is 1120. The highest BCUT2D eigenvalue weighted by molar-refractivity contribution is 7.89. The van der Waals surface area contributed by atoms with Gasteiger partial charge in [-0.15, -0.1) is 0 Å². The van der Waals surface area contributed by atoms with E-state index in [-0.39, 0.29) is 16.5 Å². The van der Waals surface area contributed by atoms with E-state index < -0.39 is 14.9 Å². The first-order valence-corrected chi connectivity index (χ1v) is 10.3. The molecule has 1 fully saturated rings. The van der Waals surface area contributed by atoms with E-state index in [2.05, 4.69) is 4.98 Å². The summed E-state index contributed by atoms with van der Waals surface area (Å²) in [6, 6.07) is 11.3. The Hall–Kier alpha value is -2.98. The summed E-state index contributed by atoms with van der Waals surface area (Å²) < 4.78 is 28.8. The van der Waals surface area contributed by atoms with Gasteiger partial charge in [-0.1, -0.05) is 12.1 Å². The highest BCUT2D eigenvalue weighted by atomic mass is 32.2. The minimum Gasteiger partial charge on any atom is -0.440 e. The monoisotopic (exact) mass is 402 g/mol. The fraction of sp³-hybridized carbons (Fsp3) is 0.278. The second-order valence-corrected chi connectivity index (χ2v) is 8.30. The average Bonchev–Trinajstić information content (AvgIpc) is 3.11. The number of nitrogens with zero attached hydrogens (tertiary/aromatic N) is 3. The molecule has 1 aromatic heterocycles. The minimum absolute atomic E-state index is 0.131. The number of anilines is 1. The van der Waals surface area contributed by atoms with Gasteiger partial charge in [0, 0.05) is 25.1 Å². The molecule has 9 nitrogen and oxygen atoms in total. The Balaban J connectivity index is 1.55. The maximum atomic E-state index is 11.5. The Labute approximate surface area is 161 Å². The number of rotatable bonds is 4. The Morgan fingerprint density at radius 1 is 1.18 bits per heavy atom. The third-order valence-corrected chi connectivity index (χ3v) is 5.88. The van der Waals surface area contributed by atoms with Crippen LogP contribution in [0.1, 0.15) is 24.7 Å². The lowest BCUT2D eigenvalue weighted by molar-refractivity contribution is -0.384. The largest absolute Gasteiger partial charge is 0.440 e. The molecule has 2 aromatic carbocycles. The van der Waals surface area contributed by atoms with Gasteiger partial charge in [-0.05, 0) is 37.1 Å². The predicted octanol–water partition coefficient (Wildman–Crippen LogP) is 2.77. The molecule has 0 amide bonds. The van der Waals surface area contributed by atoms with Gasteiger partial charge in [0.2, 0.25) is 10.0 Å². The van der Waals surface area contributed by atoms with E-state index in [1.54, 1.807) is 0 Å². The maximum absolute atomic E-state index is 11.5. The molecule has 1 saturated heterocycles. The van der Waals surface area contributed by atoms with Crippen molar-refractivity contribution in [3.05, 3.63) is 58.5 Å². The van der Waals surface area contributed by atoms with Crippen LogP contribution in [-0.4, -0.2) is 31.4 Å². The molecule has 2 heterocycles. The molecule has 28 heavy (non-hydrogen) atoms.